The fourth-order valence-corrected chi connectivity index (χ4v) is 6.66. The number of nitrogens with zero attached hydrogens (tertiary/aromatic N) is 2. The number of alkyl carbamates (subject to hydrolysis) is 1. The highest BCUT2D eigenvalue weighted by Crippen LogP contribution is 2.49. The predicted octanol–water partition coefficient (Wildman–Crippen LogP) is 2.61. The SMILES string of the molecule is CC(=O)N(C)[C@H](C)C(=O)O[C@H]1CC(=O)N(C)c2cc(cc(CO)c2Cl)C/C(C)=C/C=C/[C@@H](CO)[C@@]2(O)C[C@H](OC(=O)N2)[C@@H](C)[C@@H]2O[C@@]12C. The van der Waals surface area contributed by atoms with Gasteiger partial charge in [0.15, 0.2) is 5.72 Å². The van der Waals surface area contributed by atoms with Crippen molar-refractivity contribution in [2.75, 3.05) is 25.6 Å². The molecule has 0 saturated carbocycles. The number of benzene rings is 1. The number of carbonyl (C=O) groups is 4. The molecule has 3 aliphatic rings. The number of hydrogen-bond acceptors (Lipinski definition) is 10. The first-order valence-electron chi connectivity index (χ1n) is 15.9. The highest BCUT2D eigenvalue weighted by atomic mass is 35.5. The number of anilines is 1. The number of epoxide rings is 1. The van der Waals surface area contributed by atoms with Gasteiger partial charge >= 0.3 is 12.1 Å². The first-order valence-corrected chi connectivity index (χ1v) is 16.3. The molecular formula is C34H46ClN3O10. The van der Waals surface area contributed by atoms with Gasteiger partial charge in [0, 0.05) is 39.3 Å². The van der Waals surface area contributed by atoms with Crippen molar-refractivity contribution in [3.8, 4) is 0 Å². The number of hydrogen-bond donors (Lipinski definition) is 4. The predicted molar refractivity (Wildman–Crippen MR) is 176 cm³/mol. The van der Waals surface area contributed by atoms with Crippen LogP contribution < -0.4 is 10.2 Å². The molecule has 3 aliphatic heterocycles. The summed E-state index contributed by atoms with van der Waals surface area (Å²) >= 11 is 6.67. The summed E-state index contributed by atoms with van der Waals surface area (Å²) < 4.78 is 17.7. The summed E-state index contributed by atoms with van der Waals surface area (Å²) in [6.45, 7) is 7.30. The molecule has 3 amide bonds. The number of amides is 3. The number of ether oxygens (including phenoxy) is 3. The van der Waals surface area contributed by atoms with Crippen LogP contribution in [0.4, 0.5) is 10.5 Å². The van der Waals surface area contributed by atoms with E-state index in [1.54, 1.807) is 44.2 Å². The summed E-state index contributed by atoms with van der Waals surface area (Å²) in [7, 11) is 3.00. The number of carbonyl (C=O) groups excluding carboxylic acids is 4. The lowest BCUT2D eigenvalue weighted by Gasteiger charge is -2.42. The Bertz CT molecular complexity index is 1500. The van der Waals surface area contributed by atoms with E-state index in [4.69, 9.17) is 25.8 Å². The van der Waals surface area contributed by atoms with E-state index in [9.17, 15) is 34.5 Å². The van der Waals surface area contributed by atoms with Gasteiger partial charge in [0.1, 0.15) is 23.9 Å². The number of nitrogens with one attached hydrogen (secondary N) is 1. The first-order chi connectivity index (χ1) is 22.4. The van der Waals surface area contributed by atoms with Gasteiger partial charge in [-0.3, -0.25) is 14.9 Å². The van der Waals surface area contributed by atoms with Crippen molar-refractivity contribution in [2.45, 2.75) is 96.2 Å². The lowest BCUT2D eigenvalue weighted by molar-refractivity contribution is -0.161. The number of fused-ring (bicyclic) bond motifs is 5. The minimum absolute atomic E-state index is 0.0883. The molecule has 0 radical (unpaired) electrons. The van der Waals surface area contributed by atoms with E-state index < -0.39 is 72.1 Å². The minimum atomic E-state index is -1.85. The van der Waals surface area contributed by atoms with Crippen molar-refractivity contribution in [1.29, 1.82) is 0 Å². The van der Waals surface area contributed by atoms with Gasteiger partial charge in [-0.1, -0.05) is 48.4 Å². The van der Waals surface area contributed by atoms with Crippen molar-refractivity contribution >= 4 is 41.2 Å². The molecule has 3 heterocycles. The number of aliphatic hydroxyl groups excluding tert-OH is 2. The molecule has 1 aromatic carbocycles. The van der Waals surface area contributed by atoms with Crippen LogP contribution in [0.25, 0.3) is 0 Å². The van der Waals surface area contributed by atoms with Crippen LogP contribution >= 0.6 is 11.6 Å². The second-order valence-electron chi connectivity index (χ2n) is 13.3. The van der Waals surface area contributed by atoms with Gasteiger partial charge in [0.05, 0.1) is 36.4 Å². The number of likely N-dealkylation sites (N-methyl/N-ethyl adjacent to an activating group) is 1. The van der Waals surface area contributed by atoms with Crippen LogP contribution in [0.5, 0.6) is 0 Å². The van der Waals surface area contributed by atoms with Gasteiger partial charge in [0.25, 0.3) is 0 Å². The Balaban J connectivity index is 1.80. The Hall–Kier alpha value is -3.49. The van der Waals surface area contributed by atoms with Crippen LogP contribution in [0.15, 0.2) is 35.9 Å². The summed E-state index contributed by atoms with van der Waals surface area (Å²) in [5, 5.41) is 34.6. The van der Waals surface area contributed by atoms with E-state index in [1.165, 1.54) is 37.7 Å². The summed E-state index contributed by atoms with van der Waals surface area (Å²) in [6, 6.07) is 2.52. The van der Waals surface area contributed by atoms with E-state index >= 15 is 0 Å². The molecule has 2 saturated heterocycles. The second kappa shape index (κ2) is 14.6. The Morgan fingerprint density at radius 2 is 1.96 bits per heavy atom. The smallest absolute Gasteiger partial charge is 0.409 e. The van der Waals surface area contributed by atoms with Crippen LogP contribution in [0, 0.1) is 11.8 Å². The number of rotatable bonds is 5. The molecule has 14 heteroatoms. The summed E-state index contributed by atoms with van der Waals surface area (Å²) in [6.07, 6.45) is 1.52. The maximum Gasteiger partial charge on any atom is 0.409 e. The van der Waals surface area contributed by atoms with Gasteiger partial charge < -0.3 is 39.3 Å². The van der Waals surface area contributed by atoms with Gasteiger partial charge in [-0.2, -0.15) is 0 Å². The number of esters is 1. The fraction of sp³-hybridized carbons (Fsp3) is 0.588. The maximum atomic E-state index is 13.9. The summed E-state index contributed by atoms with van der Waals surface area (Å²) in [5.74, 6) is -3.01. The molecule has 2 fully saturated rings. The highest BCUT2D eigenvalue weighted by Gasteiger charge is 2.64. The number of halogens is 1. The standard InChI is InChI=1S/C34H46ClN3O10/c1-18-9-8-10-24(17-40)34(45)15-26(46-32(44)36-34)19(2)30-33(5,48-30)27(47-31(43)20(3)37(6)21(4)41)14-28(42)38(7)25-13-22(11-18)12-23(16-39)29(25)35/h8-10,12-13,19-20,24,26-27,30,39-40,45H,11,14-17H2,1-7H3,(H,36,44)/b10-8+,18-9+/t19-,20-,24+,26+,27+,30+,33+,34+/m1/s1. The van der Waals surface area contributed by atoms with Crippen LogP contribution in [-0.4, -0.2) is 100 Å². The second-order valence-corrected chi connectivity index (χ2v) is 13.7. The van der Waals surface area contributed by atoms with Crippen molar-refractivity contribution in [1.82, 2.24) is 10.2 Å². The molecule has 4 rings (SSSR count). The molecule has 13 nitrogen and oxygen atoms in total. The normalized spacial score (nSPS) is 33.3. The van der Waals surface area contributed by atoms with E-state index in [1.807, 2.05) is 6.92 Å². The third-order valence-corrected chi connectivity index (χ3v) is 10.3. The quantitative estimate of drug-likeness (QED) is 0.265. The lowest BCUT2D eigenvalue weighted by Crippen LogP contribution is -2.62. The molecule has 4 bridgehead atoms. The van der Waals surface area contributed by atoms with Gasteiger partial charge in [0.2, 0.25) is 11.8 Å². The average Bonchev–Trinajstić information content (AvgIpc) is 3.73. The van der Waals surface area contributed by atoms with Crippen LogP contribution in [0.3, 0.4) is 0 Å². The molecule has 4 N–H and O–H groups in total. The molecule has 0 aromatic heterocycles. The molecule has 8 atom stereocenters. The van der Waals surface area contributed by atoms with Crippen molar-refractivity contribution in [2.24, 2.45) is 11.8 Å². The monoisotopic (exact) mass is 691 g/mol. The zero-order valence-electron chi connectivity index (χ0n) is 28.4. The Morgan fingerprint density at radius 1 is 1.27 bits per heavy atom. The lowest BCUT2D eigenvalue weighted by atomic mass is 9.81. The third kappa shape index (κ3) is 7.70. The molecule has 0 unspecified atom stereocenters. The van der Waals surface area contributed by atoms with Crippen LogP contribution in [-0.2, 0) is 41.6 Å². The molecule has 1 aromatic rings. The molecule has 264 valence electrons. The highest BCUT2D eigenvalue weighted by molar-refractivity contribution is 6.34. The fourth-order valence-electron chi connectivity index (χ4n) is 6.36. The molecular weight excluding hydrogens is 646 g/mol. The van der Waals surface area contributed by atoms with Gasteiger partial charge in [-0.25, -0.2) is 9.59 Å². The Labute approximate surface area is 285 Å². The maximum absolute atomic E-state index is 13.9. The van der Waals surface area contributed by atoms with Crippen LogP contribution in [0.1, 0.15) is 58.6 Å². The topological polar surface area (TPSA) is 178 Å². The summed E-state index contributed by atoms with van der Waals surface area (Å²) in [4.78, 5) is 54.5. The van der Waals surface area contributed by atoms with Crippen molar-refractivity contribution in [3.63, 3.8) is 0 Å². The largest absolute Gasteiger partial charge is 0.457 e. The molecule has 0 spiro atoms. The van der Waals surface area contributed by atoms with E-state index in [-0.39, 0.29) is 30.4 Å². The van der Waals surface area contributed by atoms with E-state index in [2.05, 4.69) is 5.32 Å². The summed E-state index contributed by atoms with van der Waals surface area (Å²) in [5.41, 5.74) is -0.681. The average molecular weight is 692 g/mol. The number of aliphatic hydroxyl groups is 3. The Kier molecular flexibility index (Phi) is 11.3. The zero-order valence-corrected chi connectivity index (χ0v) is 29.1. The molecule has 48 heavy (non-hydrogen) atoms. The minimum Gasteiger partial charge on any atom is -0.457 e. The van der Waals surface area contributed by atoms with Crippen molar-refractivity contribution < 1.29 is 48.7 Å². The zero-order chi connectivity index (χ0) is 35.7. The molecule has 0 aliphatic carbocycles. The third-order valence-electron chi connectivity index (χ3n) is 9.83. The Morgan fingerprint density at radius 3 is 2.58 bits per heavy atom. The van der Waals surface area contributed by atoms with Crippen LogP contribution in [0.2, 0.25) is 5.02 Å². The van der Waals surface area contributed by atoms with Crippen molar-refractivity contribution in [3.05, 3.63) is 52.1 Å². The van der Waals surface area contributed by atoms with E-state index in [0.717, 1.165) is 11.1 Å². The number of allylic oxidation sites excluding steroid dienone is 3. The van der Waals surface area contributed by atoms with Gasteiger partial charge in [-0.15, -0.1) is 0 Å². The van der Waals surface area contributed by atoms with Gasteiger partial charge in [-0.05, 0) is 44.4 Å². The first kappa shape index (κ1) is 37.3. The van der Waals surface area contributed by atoms with E-state index in [0.29, 0.717) is 17.7 Å².